The van der Waals surface area contributed by atoms with Crippen LogP contribution in [0, 0.1) is 17.2 Å². The van der Waals surface area contributed by atoms with E-state index in [4.69, 9.17) is 21.6 Å². The molecule has 10 N–H and O–H groups in total. The van der Waals surface area contributed by atoms with Crippen LogP contribution in [0.1, 0.15) is 108 Å². The van der Waals surface area contributed by atoms with Gasteiger partial charge in [-0.3, -0.25) is 34.2 Å². The van der Waals surface area contributed by atoms with Crippen LogP contribution in [0.4, 0.5) is 0 Å². The molecule has 96 heavy (non-hydrogen) atoms. The van der Waals surface area contributed by atoms with Gasteiger partial charge >= 0.3 is 17.9 Å². The van der Waals surface area contributed by atoms with Crippen LogP contribution in [-0.4, -0.2) is 87.0 Å². The fourth-order valence-electron chi connectivity index (χ4n) is 9.84. The summed E-state index contributed by atoms with van der Waals surface area (Å²) in [5.41, 5.74) is 17.6. The molecule has 0 bridgehead atoms. The number of hydrogen-bond acceptors (Lipinski definition) is 15. The van der Waals surface area contributed by atoms with E-state index in [9.17, 15) is 55.5 Å². The maximum absolute atomic E-state index is 14.0. The van der Waals surface area contributed by atoms with Gasteiger partial charge in [0.2, 0.25) is 31.9 Å². The summed E-state index contributed by atoms with van der Waals surface area (Å²) in [4.78, 5) is 93.9. The van der Waals surface area contributed by atoms with Crippen molar-refractivity contribution in [1.29, 1.82) is 5.41 Å². The van der Waals surface area contributed by atoms with Crippen molar-refractivity contribution < 1.29 is 83.6 Å². The number of hydrogen-bond donors (Lipinski definition) is 8. The van der Waals surface area contributed by atoms with E-state index in [1.165, 1.54) is 6.92 Å². The van der Waals surface area contributed by atoms with Crippen LogP contribution in [0.2, 0.25) is 0 Å². The van der Waals surface area contributed by atoms with E-state index in [2.05, 4.69) is 30.1 Å². The number of aliphatic carboxylic acids is 1. The summed E-state index contributed by atoms with van der Waals surface area (Å²) >= 11 is 0. The first kappa shape index (κ1) is 77.3. The second kappa shape index (κ2) is 40.1. The Labute approximate surface area is 571 Å². The van der Waals surface area contributed by atoms with Crippen molar-refractivity contribution in [3.05, 3.63) is 250 Å². The van der Waals surface area contributed by atoms with Gasteiger partial charge in [-0.2, -0.15) is 0 Å². The van der Waals surface area contributed by atoms with E-state index >= 15 is 0 Å². The number of sulfonamides is 2. The number of carboxylic acid groups (broad SMARTS) is 1. The van der Waals surface area contributed by atoms with Crippen LogP contribution < -0.4 is 31.5 Å². The number of amides is 2. The van der Waals surface area contributed by atoms with Gasteiger partial charge in [0.1, 0.15) is 12.4 Å². The number of benzene rings is 7. The number of rotatable bonds is 37. The van der Waals surface area contributed by atoms with E-state index in [-0.39, 0.29) is 113 Å². The first-order valence-corrected chi connectivity index (χ1v) is 34.0. The van der Waals surface area contributed by atoms with Crippen molar-refractivity contribution in [1.82, 2.24) is 20.1 Å². The maximum Gasteiger partial charge on any atom is 0.332 e. The predicted octanol–water partition coefficient (Wildman–Crippen LogP) is 7.85. The number of nitrogens with two attached hydrogens (primary N) is 2. The van der Waals surface area contributed by atoms with E-state index in [1.54, 1.807) is 109 Å². The third-order valence-corrected chi connectivity index (χ3v) is 17.7. The molecule has 0 heterocycles. The zero-order valence-corrected chi connectivity index (χ0v) is 56.1. The molecule has 4 atom stereocenters. The number of ketones is 2. The van der Waals surface area contributed by atoms with E-state index < -0.39 is 85.3 Å². The van der Waals surface area contributed by atoms with Crippen molar-refractivity contribution in [3.8, 4) is 0 Å². The Morgan fingerprint density at radius 2 is 0.854 bits per heavy atom. The molecule has 0 spiro atoms. The Bertz CT molecular complexity index is 3920. The predicted molar refractivity (Wildman–Crippen MR) is 360 cm³/mol. The molecule has 0 saturated heterocycles. The number of Topliss-reactive ketones (excluding diaryl/α,β-unsaturated/α-hetero) is 2. The minimum Gasteiger partial charge on any atom is -0.481 e. The topological polar surface area (TPSA) is 363 Å². The standard InChI is InChI=1S/C40H44N4O8S.C31H36N4O6S.V/c1-29(45)52-43-39(41)34-20-17-31(18-21-34)26-42-40(48)35(22-24-38(47)51-27-32-13-7-3-8-14-32)25-37(46)36(23-19-30-11-5-2-6-12-30)44-53(49,50)28-33-15-9-4-10-16-33;32-30(33)25-14-11-23(12-15-25)20-34-31(39)26(16-18-29(37)38)19-28(36)27(17-13-22-7-3-1-4-8-22)35-42(40,41)21-24-9-5-2-6-10-24;/h2-18,20-21,35-36,44H,19,22-28H2,1H3,(H2,41,43)(H,42,48);1-12,14-15,26-27,35H,13,16-21H2,(H3,32,33)(H,34,39)(H,37,38);/t35-,36-;26-,27-;/m11./s1. The van der Waals surface area contributed by atoms with Crippen LogP contribution in [0.15, 0.2) is 205 Å². The monoisotopic (exact) mass is 1380 g/mol. The Kier molecular flexibility index (Phi) is 32.3. The first-order chi connectivity index (χ1) is 45.5. The Morgan fingerprint density at radius 1 is 0.490 bits per heavy atom. The number of amidine groups is 2. The second-order valence-electron chi connectivity index (χ2n) is 22.5. The van der Waals surface area contributed by atoms with Gasteiger partial charge in [-0.1, -0.05) is 205 Å². The van der Waals surface area contributed by atoms with Crippen molar-refractivity contribution in [2.45, 2.75) is 114 Å². The van der Waals surface area contributed by atoms with Crippen LogP contribution in [0.3, 0.4) is 0 Å². The number of oxime groups is 1. The van der Waals surface area contributed by atoms with Gasteiger partial charge in [0.05, 0.1) is 23.6 Å². The van der Waals surface area contributed by atoms with Gasteiger partial charge in [0.15, 0.2) is 17.4 Å². The molecule has 0 aliphatic carbocycles. The van der Waals surface area contributed by atoms with Crippen LogP contribution >= 0.6 is 0 Å². The molecule has 0 unspecified atom stereocenters. The Balaban J connectivity index is 0.000000353. The average molecular weight is 1380 g/mol. The van der Waals surface area contributed by atoms with Gasteiger partial charge in [0.25, 0.3) is 0 Å². The van der Waals surface area contributed by atoms with E-state index in [0.717, 1.165) is 22.3 Å². The molecule has 0 fully saturated rings. The molecule has 0 aliphatic rings. The number of ether oxygens (including phenoxy) is 1. The van der Waals surface area contributed by atoms with Crippen molar-refractivity contribution >= 4 is 73.0 Å². The van der Waals surface area contributed by atoms with Crippen LogP contribution in [-0.2, 0) is 126 Å². The minimum absolute atomic E-state index is 0. The van der Waals surface area contributed by atoms with Gasteiger partial charge in [0, 0.05) is 87.2 Å². The Morgan fingerprint density at radius 3 is 1.23 bits per heavy atom. The summed E-state index contributed by atoms with van der Waals surface area (Å²) < 4.78 is 63.2. The molecule has 505 valence electrons. The number of carbonyl (C=O) groups is 7. The molecule has 7 aromatic carbocycles. The minimum atomic E-state index is -3.95. The van der Waals surface area contributed by atoms with E-state index in [0.29, 0.717) is 40.7 Å². The molecule has 0 aromatic heterocycles. The van der Waals surface area contributed by atoms with Crippen molar-refractivity contribution in [3.63, 3.8) is 0 Å². The SMILES string of the molecule is CC(=O)O/N=C(\N)c1ccc(CNC(=O)[C@H](CCC(=O)OCc2ccccc2)CC(=O)[C@@H](CCc2ccccc2)NS(=O)(=O)Cc2ccccc2)cc1.N=C(N)c1ccc(CNC(=O)[C@H](CCC(=O)O)CC(=O)[C@@H](CCc2ccccc2)NS(=O)(=O)Cc2ccccc2)cc1.[V]. The van der Waals surface area contributed by atoms with Gasteiger partial charge in [-0.15, -0.1) is 0 Å². The second-order valence-corrected chi connectivity index (χ2v) is 26.0. The molecule has 25 heteroatoms. The zero-order chi connectivity index (χ0) is 68.6. The third kappa shape index (κ3) is 29.1. The van der Waals surface area contributed by atoms with Crippen LogP contribution in [0.5, 0.6) is 0 Å². The molecule has 7 rings (SSSR count). The average Bonchev–Trinajstić information content (AvgIpc) is 0.988. The third-order valence-electron chi connectivity index (χ3n) is 15.0. The summed E-state index contributed by atoms with van der Waals surface area (Å²) in [5.74, 6) is -6.85. The molecule has 0 aliphatic heterocycles. The summed E-state index contributed by atoms with van der Waals surface area (Å²) in [6.07, 6.45) is -0.00747. The smallest absolute Gasteiger partial charge is 0.332 e. The van der Waals surface area contributed by atoms with Gasteiger partial charge in [-0.25, -0.2) is 31.1 Å². The fourth-order valence-corrected chi connectivity index (χ4v) is 12.6. The number of esters is 1. The van der Waals surface area contributed by atoms with Crippen LogP contribution in [0.25, 0.3) is 0 Å². The Hall–Kier alpha value is -9.43. The number of carboxylic acids is 1. The molecular weight excluding hydrogens is 1300 g/mol. The molecule has 1 radical (unpaired) electrons. The molecular formula is C71H80N8O14S2V. The molecule has 22 nitrogen and oxygen atoms in total. The summed E-state index contributed by atoms with van der Waals surface area (Å²) in [6, 6.07) is 56.3. The van der Waals surface area contributed by atoms with E-state index in [1.807, 2.05) is 91.0 Å². The normalized spacial score (nSPS) is 12.5. The van der Waals surface area contributed by atoms with Gasteiger partial charge in [-0.05, 0) is 77.5 Å². The number of nitrogen functional groups attached to an aromatic ring is 1. The molecule has 2 amide bonds. The largest absolute Gasteiger partial charge is 0.481 e. The summed E-state index contributed by atoms with van der Waals surface area (Å²) in [7, 11) is -7.86. The number of carbonyl (C=O) groups excluding carboxylic acids is 6. The zero-order valence-electron chi connectivity index (χ0n) is 53.1. The number of nitrogens with zero attached hydrogens (tertiary/aromatic N) is 1. The summed E-state index contributed by atoms with van der Waals surface area (Å²) in [6.45, 7) is 1.47. The molecule has 7 aromatic rings. The maximum atomic E-state index is 14.0. The number of aryl methyl sites for hydroxylation is 2. The first-order valence-electron chi connectivity index (χ1n) is 30.7. The van der Waals surface area contributed by atoms with Crippen molar-refractivity contribution in [2.24, 2.45) is 28.5 Å². The quantitative estimate of drug-likeness (QED) is 0.00604. The summed E-state index contributed by atoms with van der Waals surface area (Å²) in [5, 5.41) is 25.9. The molecule has 0 saturated carbocycles. The fraction of sp³-hybridized carbons (Fsp3) is 0.282. The van der Waals surface area contributed by atoms with Gasteiger partial charge < -0.3 is 36.8 Å². The van der Waals surface area contributed by atoms with Crippen molar-refractivity contribution in [2.75, 3.05) is 0 Å². The number of nitrogens with one attached hydrogen (secondary N) is 5.